The van der Waals surface area contributed by atoms with E-state index in [0.29, 0.717) is 18.0 Å². The van der Waals surface area contributed by atoms with Gasteiger partial charge in [-0.3, -0.25) is 9.36 Å². The van der Waals surface area contributed by atoms with Gasteiger partial charge in [0.05, 0.1) is 17.3 Å². The van der Waals surface area contributed by atoms with Gasteiger partial charge in [-0.25, -0.2) is 0 Å². The largest absolute Gasteiger partial charge is 0.328 e. The Kier molecular flexibility index (Phi) is 3.56. The molecule has 5 nitrogen and oxygen atoms in total. The van der Waals surface area contributed by atoms with Crippen molar-refractivity contribution in [3.63, 3.8) is 0 Å². The van der Waals surface area contributed by atoms with E-state index in [1.165, 1.54) is 0 Å². The van der Waals surface area contributed by atoms with Crippen LogP contribution >= 0.6 is 0 Å². The van der Waals surface area contributed by atoms with Gasteiger partial charge in [-0.15, -0.1) is 10.2 Å². The van der Waals surface area contributed by atoms with Gasteiger partial charge in [0, 0.05) is 6.54 Å². The molecule has 1 unspecified atom stereocenters. The van der Waals surface area contributed by atoms with Crippen molar-refractivity contribution in [3.8, 4) is 5.69 Å². The number of benzene rings is 1. The molecule has 2 aromatic rings. The molecule has 0 aliphatic carbocycles. The molecular weight excluding hydrogens is 264 g/mol. The Labute approximate surface area is 123 Å². The van der Waals surface area contributed by atoms with Crippen LogP contribution in [0.15, 0.2) is 49.1 Å². The van der Waals surface area contributed by atoms with Crippen molar-refractivity contribution in [2.24, 2.45) is 5.92 Å². The minimum atomic E-state index is 0.0444. The first-order valence-corrected chi connectivity index (χ1v) is 7.10. The predicted molar refractivity (Wildman–Crippen MR) is 80.2 cm³/mol. The van der Waals surface area contributed by atoms with Gasteiger partial charge in [-0.1, -0.05) is 38.1 Å². The number of amides is 1. The van der Waals surface area contributed by atoms with Crippen LogP contribution in [0.1, 0.15) is 24.2 Å². The molecule has 0 bridgehead atoms. The zero-order valence-electron chi connectivity index (χ0n) is 12.2. The average Bonchev–Trinajstić information content (AvgIpc) is 3.17. The molecule has 5 heteroatoms. The molecule has 3 rings (SSSR count). The van der Waals surface area contributed by atoms with Crippen LogP contribution in [-0.2, 0) is 0 Å². The van der Waals surface area contributed by atoms with E-state index in [-0.39, 0.29) is 11.9 Å². The first-order valence-electron chi connectivity index (χ1n) is 7.10. The van der Waals surface area contributed by atoms with E-state index in [1.807, 2.05) is 29.2 Å². The van der Waals surface area contributed by atoms with Crippen LogP contribution in [0.5, 0.6) is 0 Å². The highest BCUT2D eigenvalue weighted by molar-refractivity contribution is 5.98. The van der Waals surface area contributed by atoms with Crippen molar-refractivity contribution >= 4 is 5.91 Å². The molecule has 1 atom stereocenters. The van der Waals surface area contributed by atoms with E-state index in [2.05, 4.69) is 36.2 Å². The van der Waals surface area contributed by atoms with E-state index in [4.69, 9.17) is 0 Å². The Balaban J connectivity index is 1.96. The van der Waals surface area contributed by atoms with Gasteiger partial charge < -0.3 is 4.90 Å². The van der Waals surface area contributed by atoms with Crippen molar-refractivity contribution in [3.05, 3.63) is 54.6 Å². The van der Waals surface area contributed by atoms with Crippen molar-refractivity contribution < 1.29 is 4.79 Å². The molecule has 0 N–H and O–H groups in total. The van der Waals surface area contributed by atoms with Gasteiger partial charge in [-0.2, -0.15) is 0 Å². The summed E-state index contributed by atoms with van der Waals surface area (Å²) in [5, 5.41) is 7.63. The molecule has 21 heavy (non-hydrogen) atoms. The molecule has 0 saturated heterocycles. The summed E-state index contributed by atoms with van der Waals surface area (Å²) in [4.78, 5) is 14.8. The topological polar surface area (TPSA) is 51.0 Å². The number of carbonyl (C=O) groups excluding carboxylic acids is 1. The van der Waals surface area contributed by atoms with Crippen molar-refractivity contribution in [2.75, 3.05) is 6.54 Å². The zero-order chi connectivity index (χ0) is 14.8. The quantitative estimate of drug-likeness (QED) is 0.812. The Morgan fingerprint density at radius 2 is 1.95 bits per heavy atom. The molecule has 0 saturated carbocycles. The Bertz CT molecular complexity index is 661. The van der Waals surface area contributed by atoms with E-state index in [0.717, 1.165) is 5.69 Å². The number of rotatable bonds is 3. The molecule has 0 radical (unpaired) electrons. The molecule has 0 spiro atoms. The van der Waals surface area contributed by atoms with Crippen molar-refractivity contribution in [2.45, 2.75) is 19.9 Å². The van der Waals surface area contributed by atoms with Crippen LogP contribution in [0.2, 0.25) is 0 Å². The zero-order valence-corrected chi connectivity index (χ0v) is 12.2. The smallest absolute Gasteiger partial charge is 0.256 e. The first kappa shape index (κ1) is 13.5. The highest BCUT2D eigenvalue weighted by atomic mass is 16.2. The summed E-state index contributed by atoms with van der Waals surface area (Å²) in [5.74, 6) is 0.442. The van der Waals surface area contributed by atoms with Gasteiger partial charge in [0.2, 0.25) is 0 Å². The summed E-state index contributed by atoms with van der Waals surface area (Å²) >= 11 is 0. The summed E-state index contributed by atoms with van der Waals surface area (Å²) in [5.41, 5.74) is 1.48. The number of carbonyl (C=O) groups is 1. The maximum Gasteiger partial charge on any atom is 0.256 e. The molecule has 1 aliphatic heterocycles. The van der Waals surface area contributed by atoms with Crippen molar-refractivity contribution in [1.29, 1.82) is 0 Å². The Hall–Kier alpha value is -2.43. The van der Waals surface area contributed by atoms with Gasteiger partial charge in [0.25, 0.3) is 5.91 Å². The number of para-hydroxylation sites is 1. The van der Waals surface area contributed by atoms with Gasteiger partial charge in [0.1, 0.15) is 12.7 Å². The molecule has 0 fully saturated rings. The number of hydrogen-bond donors (Lipinski definition) is 0. The second-order valence-electron chi connectivity index (χ2n) is 5.51. The standard InChI is InChI=1S/C16H18N4O/c1-12(2)14-8-5-9-20(14)16(21)13-6-3-4-7-15(13)19-10-17-18-11-19/h3-8,10-12,14H,9H2,1-2H3. The Morgan fingerprint density at radius 3 is 2.67 bits per heavy atom. The number of hydrogen-bond acceptors (Lipinski definition) is 3. The van der Waals surface area contributed by atoms with Crippen LogP contribution in [0.3, 0.4) is 0 Å². The molecule has 1 aromatic heterocycles. The highest BCUT2D eigenvalue weighted by Gasteiger charge is 2.29. The normalized spacial score (nSPS) is 17.7. The van der Waals surface area contributed by atoms with Crippen molar-refractivity contribution in [1.82, 2.24) is 19.7 Å². The molecule has 1 amide bonds. The second-order valence-corrected chi connectivity index (χ2v) is 5.51. The summed E-state index contributed by atoms with van der Waals surface area (Å²) in [7, 11) is 0. The number of aromatic nitrogens is 3. The SMILES string of the molecule is CC(C)C1C=CCN1C(=O)c1ccccc1-n1cnnc1. The molecule has 1 aromatic carbocycles. The summed E-state index contributed by atoms with van der Waals surface area (Å²) < 4.78 is 1.76. The fraction of sp³-hybridized carbons (Fsp3) is 0.312. The third-order valence-electron chi connectivity index (χ3n) is 3.77. The fourth-order valence-electron chi connectivity index (χ4n) is 2.70. The third kappa shape index (κ3) is 2.46. The van der Waals surface area contributed by atoms with E-state index < -0.39 is 0 Å². The van der Waals surface area contributed by atoms with Gasteiger partial charge >= 0.3 is 0 Å². The maximum absolute atomic E-state index is 12.9. The highest BCUT2D eigenvalue weighted by Crippen LogP contribution is 2.23. The summed E-state index contributed by atoms with van der Waals surface area (Å²) in [6.45, 7) is 4.93. The second kappa shape index (κ2) is 5.52. The van der Waals surface area contributed by atoms with Gasteiger partial charge in [0.15, 0.2) is 0 Å². The lowest BCUT2D eigenvalue weighted by molar-refractivity contribution is 0.0720. The van der Waals surface area contributed by atoms with Crippen LogP contribution < -0.4 is 0 Å². The average molecular weight is 282 g/mol. The lowest BCUT2D eigenvalue weighted by Crippen LogP contribution is -2.39. The van der Waals surface area contributed by atoms with Crippen LogP contribution in [0, 0.1) is 5.92 Å². The predicted octanol–water partition coefficient (Wildman–Crippen LogP) is 2.30. The van der Waals surface area contributed by atoms with Crippen LogP contribution in [0.25, 0.3) is 5.69 Å². The molecule has 2 heterocycles. The fourth-order valence-corrected chi connectivity index (χ4v) is 2.70. The third-order valence-corrected chi connectivity index (χ3v) is 3.77. The lowest BCUT2D eigenvalue weighted by Gasteiger charge is -2.28. The lowest BCUT2D eigenvalue weighted by atomic mass is 10.0. The van der Waals surface area contributed by atoms with Crippen LogP contribution in [0.4, 0.5) is 0 Å². The van der Waals surface area contributed by atoms with Crippen LogP contribution in [-0.4, -0.2) is 38.2 Å². The monoisotopic (exact) mass is 282 g/mol. The van der Waals surface area contributed by atoms with Gasteiger partial charge in [-0.05, 0) is 18.1 Å². The minimum Gasteiger partial charge on any atom is -0.328 e. The number of nitrogens with zero attached hydrogens (tertiary/aromatic N) is 4. The molecular formula is C16H18N4O. The minimum absolute atomic E-state index is 0.0444. The summed E-state index contributed by atoms with van der Waals surface area (Å²) in [6, 6.07) is 7.72. The summed E-state index contributed by atoms with van der Waals surface area (Å²) in [6.07, 6.45) is 7.39. The van der Waals surface area contributed by atoms with E-state index in [1.54, 1.807) is 17.2 Å². The maximum atomic E-state index is 12.9. The molecule has 108 valence electrons. The van der Waals surface area contributed by atoms with E-state index in [9.17, 15) is 4.79 Å². The van der Waals surface area contributed by atoms with E-state index >= 15 is 0 Å². The Morgan fingerprint density at radius 1 is 1.24 bits per heavy atom. The molecule has 1 aliphatic rings. The first-order chi connectivity index (χ1) is 10.2.